The summed E-state index contributed by atoms with van der Waals surface area (Å²) in [6, 6.07) is 0. The van der Waals surface area contributed by atoms with Crippen LogP contribution in [0.4, 0.5) is 0 Å². The molecule has 0 rings (SSSR count). The van der Waals surface area contributed by atoms with E-state index in [0.29, 0.717) is 19.3 Å². The smallest absolute Gasteiger partial charge is 0.306 e. The second-order valence-corrected chi connectivity index (χ2v) is 22.7. The van der Waals surface area contributed by atoms with E-state index in [4.69, 9.17) is 14.2 Å². The third kappa shape index (κ3) is 60.8. The minimum absolute atomic E-state index is 0.0710. The molecule has 0 N–H and O–H groups in total. The number of hydrogen-bond donors (Lipinski definition) is 0. The summed E-state index contributed by atoms with van der Waals surface area (Å²) in [7, 11) is 0. The van der Waals surface area contributed by atoms with Crippen LogP contribution >= 0.6 is 0 Å². The summed E-state index contributed by atoms with van der Waals surface area (Å²) in [5, 5.41) is 0. The van der Waals surface area contributed by atoms with Crippen molar-refractivity contribution in [2.45, 2.75) is 380 Å². The standard InChI is InChI=1S/C68H128O6/c1-4-7-10-13-16-19-22-25-28-29-30-31-32-33-34-35-36-37-38-41-43-46-49-52-55-58-61-67(70)73-64-65(74-68(71)62-59-56-53-50-47-44-40-27-24-21-18-15-12-9-6-3)63-72-66(69)60-57-54-51-48-45-42-39-26-23-20-17-14-11-8-5-2/h18,21,27,40,65H,4-17,19-20,22-26,28-39,41-64H2,1-3H3/b21-18-,40-27-. The van der Waals surface area contributed by atoms with Crippen molar-refractivity contribution < 1.29 is 28.6 Å². The highest BCUT2D eigenvalue weighted by atomic mass is 16.6. The van der Waals surface area contributed by atoms with Crippen LogP contribution in [0.5, 0.6) is 0 Å². The van der Waals surface area contributed by atoms with E-state index < -0.39 is 6.10 Å². The van der Waals surface area contributed by atoms with E-state index in [1.807, 2.05) is 0 Å². The molecule has 0 radical (unpaired) electrons. The third-order valence-electron chi connectivity index (χ3n) is 15.2. The molecule has 0 aromatic carbocycles. The van der Waals surface area contributed by atoms with E-state index >= 15 is 0 Å². The van der Waals surface area contributed by atoms with Gasteiger partial charge in [0, 0.05) is 19.3 Å². The van der Waals surface area contributed by atoms with Gasteiger partial charge in [0.2, 0.25) is 0 Å². The summed E-state index contributed by atoms with van der Waals surface area (Å²) in [6.45, 7) is 6.68. The van der Waals surface area contributed by atoms with Gasteiger partial charge in [-0.05, 0) is 51.4 Å². The van der Waals surface area contributed by atoms with Gasteiger partial charge in [0.05, 0.1) is 0 Å². The van der Waals surface area contributed by atoms with Crippen LogP contribution in [-0.2, 0) is 28.6 Å². The van der Waals surface area contributed by atoms with Gasteiger partial charge in [0.25, 0.3) is 0 Å². The monoisotopic (exact) mass is 1040 g/mol. The second kappa shape index (κ2) is 63.4. The van der Waals surface area contributed by atoms with Crippen LogP contribution < -0.4 is 0 Å². The van der Waals surface area contributed by atoms with Gasteiger partial charge in [0.1, 0.15) is 13.2 Å². The van der Waals surface area contributed by atoms with E-state index in [0.717, 1.165) is 77.0 Å². The summed E-state index contributed by atoms with van der Waals surface area (Å²) in [4.78, 5) is 38.3. The largest absolute Gasteiger partial charge is 0.462 e. The zero-order chi connectivity index (χ0) is 53.6. The van der Waals surface area contributed by atoms with E-state index in [-0.39, 0.29) is 31.1 Å². The first-order chi connectivity index (χ1) is 36.5. The SMILES string of the molecule is CCCCC/C=C\C/C=C\CCCCCCCC(=O)OC(COC(=O)CCCCCCCCCCCCCCCCC)COC(=O)CCCCCCCCCCCCCCCCCCCCCCCCCCCC. The lowest BCUT2D eigenvalue weighted by atomic mass is 10.0. The van der Waals surface area contributed by atoms with Crippen LogP contribution in [0.2, 0.25) is 0 Å². The van der Waals surface area contributed by atoms with Gasteiger partial charge in [-0.15, -0.1) is 0 Å². The molecule has 6 nitrogen and oxygen atoms in total. The molecule has 0 bridgehead atoms. The van der Waals surface area contributed by atoms with Crippen LogP contribution in [0.3, 0.4) is 0 Å². The average Bonchev–Trinajstić information content (AvgIpc) is 3.40. The number of ether oxygens (including phenoxy) is 3. The molecular formula is C68H128O6. The Labute approximate surface area is 462 Å². The van der Waals surface area contributed by atoms with Crippen molar-refractivity contribution in [3.05, 3.63) is 24.3 Å². The van der Waals surface area contributed by atoms with Crippen molar-refractivity contribution in [1.82, 2.24) is 0 Å². The molecule has 6 heteroatoms. The Bertz CT molecular complexity index is 1190. The van der Waals surface area contributed by atoms with Crippen molar-refractivity contribution in [3.8, 4) is 0 Å². The molecule has 1 atom stereocenters. The molecule has 0 heterocycles. The second-order valence-electron chi connectivity index (χ2n) is 22.7. The first-order valence-electron chi connectivity index (χ1n) is 33.3. The molecule has 0 aromatic heterocycles. The summed E-state index contributed by atoms with van der Waals surface area (Å²) in [5.41, 5.74) is 0. The number of carbonyl (C=O) groups excluding carboxylic acids is 3. The van der Waals surface area contributed by atoms with E-state index in [1.165, 1.54) is 257 Å². The molecule has 0 spiro atoms. The highest BCUT2D eigenvalue weighted by Gasteiger charge is 2.19. The minimum atomic E-state index is -0.775. The predicted molar refractivity (Wildman–Crippen MR) is 321 cm³/mol. The van der Waals surface area contributed by atoms with Crippen molar-refractivity contribution in [3.63, 3.8) is 0 Å². The zero-order valence-corrected chi connectivity index (χ0v) is 50.1. The lowest BCUT2D eigenvalue weighted by Gasteiger charge is -2.18. The summed E-state index contributed by atoms with van der Waals surface area (Å²) in [5.74, 6) is -0.856. The van der Waals surface area contributed by atoms with Gasteiger partial charge in [-0.1, -0.05) is 328 Å². The maximum Gasteiger partial charge on any atom is 0.306 e. The van der Waals surface area contributed by atoms with Gasteiger partial charge in [-0.2, -0.15) is 0 Å². The van der Waals surface area contributed by atoms with Crippen LogP contribution in [0.1, 0.15) is 374 Å². The van der Waals surface area contributed by atoms with Crippen LogP contribution in [0, 0.1) is 0 Å². The Balaban J connectivity index is 4.21. The highest BCUT2D eigenvalue weighted by Crippen LogP contribution is 2.18. The molecule has 0 saturated heterocycles. The van der Waals surface area contributed by atoms with Crippen molar-refractivity contribution in [2.24, 2.45) is 0 Å². The van der Waals surface area contributed by atoms with Crippen molar-refractivity contribution >= 4 is 17.9 Å². The van der Waals surface area contributed by atoms with Gasteiger partial charge >= 0.3 is 17.9 Å². The molecular weight excluding hydrogens is 913 g/mol. The minimum Gasteiger partial charge on any atom is -0.462 e. The van der Waals surface area contributed by atoms with Crippen LogP contribution in [0.25, 0.3) is 0 Å². The summed E-state index contributed by atoms with van der Waals surface area (Å²) >= 11 is 0. The first-order valence-corrected chi connectivity index (χ1v) is 33.3. The number of rotatable bonds is 62. The molecule has 0 aliphatic heterocycles. The average molecular weight is 1040 g/mol. The number of allylic oxidation sites excluding steroid dienone is 4. The molecule has 436 valence electrons. The first kappa shape index (κ1) is 71.9. The number of hydrogen-bond acceptors (Lipinski definition) is 6. The number of carbonyl (C=O) groups is 3. The Morgan fingerprint density at radius 1 is 0.270 bits per heavy atom. The summed E-state index contributed by atoms with van der Waals surface area (Å²) < 4.78 is 16.9. The Morgan fingerprint density at radius 2 is 0.486 bits per heavy atom. The highest BCUT2D eigenvalue weighted by molar-refractivity contribution is 5.71. The van der Waals surface area contributed by atoms with E-state index in [9.17, 15) is 14.4 Å². The van der Waals surface area contributed by atoms with E-state index in [1.54, 1.807) is 0 Å². The van der Waals surface area contributed by atoms with E-state index in [2.05, 4.69) is 45.1 Å². The fourth-order valence-corrected chi connectivity index (χ4v) is 10.2. The zero-order valence-electron chi connectivity index (χ0n) is 50.1. The van der Waals surface area contributed by atoms with Gasteiger partial charge in [0.15, 0.2) is 6.10 Å². The van der Waals surface area contributed by atoms with Gasteiger partial charge in [-0.3, -0.25) is 14.4 Å². The molecule has 0 aromatic rings. The van der Waals surface area contributed by atoms with Crippen molar-refractivity contribution in [1.29, 1.82) is 0 Å². The quantitative estimate of drug-likeness (QED) is 0.0261. The fraction of sp³-hybridized carbons (Fsp3) is 0.897. The van der Waals surface area contributed by atoms with Crippen LogP contribution in [0.15, 0.2) is 24.3 Å². The lowest BCUT2D eigenvalue weighted by Crippen LogP contribution is -2.30. The maximum atomic E-state index is 12.9. The normalized spacial score (nSPS) is 12.1. The third-order valence-corrected chi connectivity index (χ3v) is 15.2. The molecule has 0 amide bonds. The topological polar surface area (TPSA) is 78.9 Å². The molecule has 74 heavy (non-hydrogen) atoms. The number of esters is 3. The van der Waals surface area contributed by atoms with Gasteiger partial charge < -0.3 is 14.2 Å². The molecule has 0 aliphatic carbocycles. The Hall–Kier alpha value is -2.11. The Morgan fingerprint density at radius 3 is 0.770 bits per heavy atom. The molecule has 0 fully saturated rings. The van der Waals surface area contributed by atoms with Crippen molar-refractivity contribution in [2.75, 3.05) is 13.2 Å². The van der Waals surface area contributed by atoms with Gasteiger partial charge in [-0.25, -0.2) is 0 Å². The molecule has 1 unspecified atom stereocenters. The fourth-order valence-electron chi connectivity index (χ4n) is 10.2. The number of unbranched alkanes of at least 4 members (excludes halogenated alkanes) is 47. The molecule has 0 saturated carbocycles. The predicted octanol–water partition coefficient (Wildman–Crippen LogP) is 22.6. The van der Waals surface area contributed by atoms with Crippen LogP contribution in [-0.4, -0.2) is 37.2 Å². The lowest BCUT2D eigenvalue weighted by molar-refractivity contribution is -0.167. The molecule has 0 aliphatic rings. The maximum absolute atomic E-state index is 12.9. The summed E-state index contributed by atoms with van der Waals surface area (Å²) in [6.07, 6.45) is 76.3. The Kier molecular flexibility index (Phi) is 61.6.